The molecule has 0 amide bonds. The molecule has 370 valence electrons. The maximum absolute atomic E-state index is 13.5. The van der Waals surface area contributed by atoms with Crippen LogP contribution in [0.4, 0.5) is 0 Å². The number of cyclic esters (lactones) is 1. The van der Waals surface area contributed by atoms with E-state index in [2.05, 4.69) is 31.2 Å². The highest BCUT2D eigenvalue weighted by atomic mass is 31.2. The van der Waals surface area contributed by atoms with E-state index in [4.69, 9.17) is 18.5 Å². The zero-order valence-corrected chi connectivity index (χ0v) is 39.0. The lowest BCUT2D eigenvalue weighted by Gasteiger charge is -2.37. The molecule has 17 heteroatoms. The van der Waals surface area contributed by atoms with E-state index in [1.807, 2.05) is 6.92 Å². The summed E-state index contributed by atoms with van der Waals surface area (Å²) in [6.45, 7) is 2.78. The second-order valence-corrected chi connectivity index (χ2v) is 18.6. The number of carbonyl (C=O) groups is 2. The summed E-state index contributed by atoms with van der Waals surface area (Å²) < 4.78 is 34.6. The molecule has 13 atom stereocenters. The number of unbranched alkanes of at least 4 members (excludes halogenated alkanes) is 10. The van der Waals surface area contributed by atoms with Crippen molar-refractivity contribution in [3.63, 3.8) is 0 Å². The molecular weight excluding hydrogens is 851 g/mol. The molecule has 0 radical (unpaired) electrons. The van der Waals surface area contributed by atoms with Crippen LogP contribution in [0.5, 0.6) is 0 Å². The van der Waals surface area contributed by atoms with Crippen LogP contribution >= 0.6 is 7.82 Å². The predicted molar refractivity (Wildman–Crippen MR) is 241 cm³/mol. The third kappa shape index (κ3) is 23.4. The van der Waals surface area contributed by atoms with Gasteiger partial charge in [0.25, 0.3) is 0 Å². The fourth-order valence-corrected chi connectivity index (χ4v) is 8.70. The van der Waals surface area contributed by atoms with Crippen LogP contribution in [0.25, 0.3) is 0 Å². The Morgan fingerprint density at radius 2 is 1.45 bits per heavy atom. The molecule has 1 aliphatic heterocycles. The van der Waals surface area contributed by atoms with Crippen LogP contribution in [0.15, 0.2) is 48.6 Å². The number of esters is 2. The van der Waals surface area contributed by atoms with E-state index in [0.717, 1.165) is 57.8 Å². The quantitative estimate of drug-likeness (QED) is 0.0279. The minimum atomic E-state index is -5.44. The summed E-state index contributed by atoms with van der Waals surface area (Å²) in [5.41, 5.74) is 0. The van der Waals surface area contributed by atoms with Crippen molar-refractivity contribution < 1.29 is 78.4 Å². The van der Waals surface area contributed by atoms with Crippen molar-refractivity contribution in [2.75, 3.05) is 13.2 Å². The van der Waals surface area contributed by atoms with Gasteiger partial charge >= 0.3 is 19.8 Å². The van der Waals surface area contributed by atoms with Crippen LogP contribution in [0, 0.1) is 11.8 Å². The normalized spacial score (nSPS) is 32.4. The van der Waals surface area contributed by atoms with Gasteiger partial charge in [-0.05, 0) is 64.2 Å². The maximum atomic E-state index is 13.5. The Balaban J connectivity index is 2.16. The first kappa shape index (κ1) is 57.8. The minimum Gasteiger partial charge on any atom is -0.462 e. The van der Waals surface area contributed by atoms with E-state index < -0.39 is 112 Å². The number of rotatable bonds is 22. The number of ether oxygens (including phenoxy) is 2. The summed E-state index contributed by atoms with van der Waals surface area (Å²) in [5.74, 6) is -4.03. The van der Waals surface area contributed by atoms with Crippen molar-refractivity contribution in [1.29, 1.82) is 0 Å². The molecule has 16 nitrogen and oxygen atoms in total. The molecule has 1 saturated carbocycles. The summed E-state index contributed by atoms with van der Waals surface area (Å²) >= 11 is 0. The number of aliphatic hydroxyl groups excluding tert-OH is 8. The van der Waals surface area contributed by atoms with Crippen LogP contribution in [0.1, 0.15) is 149 Å². The lowest BCUT2D eigenvalue weighted by Crippen LogP contribution is -2.55. The lowest BCUT2D eigenvalue weighted by atomic mass is 9.83. The number of aliphatic hydroxyl groups is 8. The van der Waals surface area contributed by atoms with Crippen molar-refractivity contribution in [2.24, 2.45) is 11.8 Å². The topological polar surface area (TPSA) is 270 Å². The Hall–Kier alpha value is -2.31. The first-order chi connectivity index (χ1) is 30.6. The summed E-state index contributed by atoms with van der Waals surface area (Å²) in [7, 11) is -5.44. The zero-order valence-electron chi connectivity index (χ0n) is 38.1. The zero-order chi connectivity index (χ0) is 47.3. The van der Waals surface area contributed by atoms with Gasteiger partial charge in [-0.15, -0.1) is 0 Å². The average Bonchev–Trinajstić information content (AvgIpc) is 3.26. The van der Waals surface area contributed by atoms with Crippen LogP contribution in [-0.4, -0.2) is 132 Å². The van der Waals surface area contributed by atoms with Gasteiger partial charge in [-0.3, -0.25) is 18.6 Å². The predicted octanol–water partition coefficient (Wildman–Crippen LogP) is 5.55. The van der Waals surface area contributed by atoms with Crippen LogP contribution < -0.4 is 0 Å². The van der Waals surface area contributed by atoms with Gasteiger partial charge in [0.05, 0.1) is 37.1 Å². The van der Waals surface area contributed by atoms with Gasteiger partial charge in [0.2, 0.25) is 0 Å². The molecule has 2 rings (SSSR count). The van der Waals surface area contributed by atoms with E-state index in [1.54, 1.807) is 12.2 Å². The van der Waals surface area contributed by atoms with E-state index in [9.17, 15) is 59.9 Å². The average molecular weight is 933 g/mol. The summed E-state index contributed by atoms with van der Waals surface area (Å²) in [6.07, 6.45) is 9.44. The van der Waals surface area contributed by atoms with Crippen LogP contribution in [0.2, 0.25) is 0 Å². The highest BCUT2D eigenvalue weighted by molar-refractivity contribution is 7.47. The Morgan fingerprint density at radius 3 is 2.16 bits per heavy atom. The van der Waals surface area contributed by atoms with Gasteiger partial charge in [-0.1, -0.05) is 114 Å². The SMILES string of the molecule is CCCCC/C=C\C/C=C\CCCCCCCC(=O)OC[C@@H]1COP(=O)(O)O[C@H]2[C@H](O)[C@@H](O)[C@H](O)[C@@H](CC=CCCCC(=O)O1)[C@@H](O)C[C@@H](O)[C@H](/C=C/[C@@H](O)CCCCC)[C@@H](O)[C@H]2O. The minimum absolute atomic E-state index is 0.0918. The highest BCUT2D eigenvalue weighted by Gasteiger charge is 2.49. The van der Waals surface area contributed by atoms with Crippen molar-refractivity contribution in [3.8, 4) is 0 Å². The summed E-state index contributed by atoms with van der Waals surface area (Å²) in [4.78, 5) is 36.4. The maximum Gasteiger partial charge on any atom is 0.472 e. The largest absolute Gasteiger partial charge is 0.472 e. The molecule has 0 aromatic rings. The van der Waals surface area contributed by atoms with Crippen molar-refractivity contribution in [3.05, 3.63) is 48.6 Å². The Bertz CT molecular complexity index is 1440. The number of hydrogen-bond donors (Lipinski definition) is 9. The fourth-order valence-electron chi connectivity index (χ4n) is 7.72. The molecule has 0 saturated heterocycles. The number of allylic oxidation sites excluding steroid dienone is 6. The number of phosphoric ester groups is 1. The standard InChI is InChI=1S/C47H81O16P/c1-3-5-7-8-9-10-11-12-13-14-15-16-17-18-23-27-40(51)60-32-35-33-61-64(58,59)63-47-45(56)43(54)37(30-29-34(48)25-21-6-4-2)39(50)31-38(49)36(42(53)44(55)46(47)57)26-22-19-20-24-28-41(52)62-35/h9-10,12-13,19,22,29-30,34-39,42-50,53-57H,3-8,11,14-18,20-21,23-28,31-33H2,1-2H3,(H,58,59)/b10-9-,13-12-,22-19?,30-29+/t34-,35+,36-,37-,38-,39+,42+,43+,44-,45+,46+,47+/m0/s1. The number of fused-ring (bicyclic) bond motifs is 4. The Kier molecular flexibility index (Phi) is 30.0. The smallest absolute Gasteiger partial charge is 0.462 e. The van der Waals surface area contributed by atoms with Gasteiger partial charge in [-0.25, -0.2) is 4.57 Å². The molecule has 0 aromatic carbocycles. The molecule has 2 aliphatic rings. The first-order valence-corrected chi connectivity index (χ1v) is 25.2. The fraction of sp³-hybridized carbons (Fsp3) is 0.787. The molecule has 9 N–H and O–H groups in total. The van der Waals surface area contributed by atoms with E-state index in [1.165, 1.54) is 31.4 Å². The first-order valence-electron chi connectivity index (χ1n) is 23.7. The van der Waals surface area contributed by atoms with Gasteiger partial charge in [0, 0.05) is 31.1 Å². The molecule has 1 unspecified atom stereocenters. The molecular formula is C47H81O16P. The molecule has 1 fully saturated rings. The molecule has 0 spiro atoms. The third-order valence-corrected chi connectivity index (χ3v) is 12.7. The molecule has 1 heterocycles. The molecule has 0 aromatic heterocycles. The highest BCUT2D eigenvalue weighted by Crippen LogP contribution is 2.47. The van der Waals surface area contributed by atoms with Crippen LogP contribution in [-0.2, 0) is 32.7 Å². The number of phosphoric acid groups is 1. The van der Waals surface area contributed by atoms with Crippen molar-refractivity contribution >= 4 is 19.8 Å². The monoisotopic (exact) mass is 933 g/mol. The molecule has 1 aliphatic carbocycles. The van der Waals surface area contributed by atoms with Crippen molar-refractivity contribution in [1.82, 2.24) is 0 Å². The van der Waals surface area contributed by atoms with E-state index in [-0.39, 0.29) is 25.7 Å². The summed E-state index contributed by atoms with van der Waals surface area (Å²) in [6, 6.07) is 0. The number of hydrogen-bond acceptors (Lipinski definition) is 15. The lowest BCUT2D eigenvalue weighted by molar-refractivity contribution is -0.167. The summed E-state index contributed by atoms with van der Waals surface area (Å²) in [5, 5.41) is 89.9. The van der Waals surface area contributed by atoms with Gasteiger partial charge in [-0.2, -0.15) is 0 Å². The van der Waals surface area contributed by atoms with Crippen molar-refractivity contribution in [2.45, 2.75) is 210 Å². The second kappa shape index (κ2) is 33.2. The molecule has 64 heavy (non-hydrogen) atoms. The molecule has 2 bridgehead atoms. The van der Waals surface area contributed by atoms with E-state index >= 15 is 0 Å². The third-order valence-electron chi connectivity index (χ3n) is 11.7. The Labute approximate surface area is 380 Å². The van der Waals surface area contributed by atoms with Gasteiger partial charge in [0.15, 0.2) is 6.10 Å². The van der Waals surface area contributed by atoms with Gasteiger partial charge in [0.1, 0.15) is 31.0 Å². The Morgan fingerprint density at radius 1 is 0.812 bits per heavy atom. The van der Waals surface area contributed by atoms with Gasteiger partial charge < -0.3 is 55.2 Å². The van der Waals surface area contributed by atoms with Crippen LogP contribution in [0.3, 0.4) is 0 Å². The second-order valence-electron chi connectivity index (χ2n) is 17.2. The van der Waals surface area contributed by atoms with E-state index in [0.29, 0.717) is 25.7 Å². The number of carbonyl (C=O) groups excluding carboxylic acids is 2.